The van der Waals surface area contributed by atoms with E-state index in [0.717, 1.165) is 25.7 Å². The number of ketones is 1. The monoisotopic (exact) mass is 229 g/mol. The number of carbonyl (C=O) groups excluding carboxylic acids is 1. The van der Waals surface area contributed by atoms with Crippen molar-refractivity contribution in [3.05, 3.63) is 0 Å². The lowest BCUT2D eigenvalue weighted by Crippen LogP contribution is -2.25. The second-order valence-corrected chi connectivity index (χ2v) is 5.00. The third kappa shape index (κ3) is 3.09. The van der Waals surface area contributed by atoms with Crippen molar-refractivity contribution in [2.24, 2.45) is 17.8 Å². The topological polar surface area (TPSA) is 17.1 Å². The van der Waals surface area contributed by atoms with Gasteiger partial charge in [0.2, 0.25) is 0 Å². The Morgan fingerprint density at radius 2 is 1.94 bits per heavy atom. The molecule has 2 saturated carbocycles. The van der Waals surface area contributed by atoms with Crippen molar-refractivity contribution < 1.29 is 14.4 Å². The third-order valence-corrected chi connectivity index (χ3v) is 3.84. The summed E-state index contributed by atoms with van der Waals surface area (Å²) in [6, 6.07) is 0. The van der Waals surface area contributed by atoms with Gasteiger partial charge in [-0.3, -0.25) is 4.79 Å². The first-order chi connectivity index (χ1) is 10.5. The average molecular weight is 229 g/mol. The SMILES string of the molecule is [2H][C@@H]1C(C2CCC(CCC)CC2)C([2H])([2H])C([2H])([2H])C(=O)C1([2H])[2H]. The highest BCUT2D eigenvalue weighted by Crippen LogP contribution is 2.40. The summed E-state index contributed by atoms with van der Waals surface area (Å²) in [6.45, 7) is 2.13. The standard InChI is InChI=1S/C15H26O/c1-2-3-12-4-6-13(7-5-12)14-8-10-15(16)11-9-14/h12-14H,2-11H2,1H3/i8D,9D2,10D2,11D2/t8-,12?,13?,14?/m0/s1. The Morgan fingerprint density at radius 1 is 1.19 bits per heavy atom. The van der Waals surface area contributed by atoms with E-state index in [-0.39, 0.29) is 5.92 Å². The molecule has 16 heavy (non-hydrogen) atoms. The number of hydrogen-bond acceptors (Lipinski definition) is 1. The molecule has 92 valence electrons. The minimum atomic E-state index is -2.89. The van der Waals surface area contributed by atoms with Gasteiger partial charge in [0, 0.05) is 22.3 Å². The van der Waals surface area contributed by atoms with Crippen molar-refractivity contribution in [3.63, 3.8) is 0 Å². The van der Waals surface area contributed by atoms with Gasteiger partial charge in [-0.15, -0.1) is 0 Å². The van der Waals surface area contributed by atoms with E-state index in [1.165, 1.54) is 0 Å². The Bertz CT molecular complexity index is 455. The van der Waals surface area contributed by atoms with Crippen molar-refractivity contribution in [1.29, 1.82) is 0 Å². The first-order valence-electron chi connectivity index (χ1n) is 10.0. The Kier molecular flexibility index (Phi) is 2.20. The highest BCUT2D eigenvalue weighted by Gasteiger charge is 2.29. The van der Waals surface area contributed by atoms with E-state index in [0.29, 0.717) is 18.8 Å². The van der Waals surface area contributed by atoms with E-state index in [2.05, 4.69) is 6.92 Å². The van der Waals surface area contributed by atoms with Crippen molar-refractivity contribution in [1.82, 2.24) is 0 Å². The molecule has 1 nitrogen and oxygen atoms in total. The first kappa shape index (κ1) is 6.02. The lowest BCUT2D eigenvalue weighted by atomic mass is 9.70. The molecule has 0 aliphatic heterocycles. The van der Waals surface area contributed by atoms with Gasteiger partial charge in [0.05, 0.1) is 0 Å². The summed E-state index contributed by atoms with van der Waals surface area (Å²) in [5.41, 5.74) is 0. The smallest absolute Gasteiger partial charge is 0.132 e. The molecule has 0 aromatic heterocycles. The van der Waals surface area contributed by atoms with Crippen LogP contribution in [0, 0.1) is 17.8 Å². The molecule has 0 spiro atoms. The Hall–Kier alpha value is -0.330. The van der Waals surface area contributed by atoms with Crippen LogP contribution in [0.5, 0.6) is 0 Å². The maximum Gasteiger partial charge on any atom is 0.132 e. The predicted octanol–water partition coefficient (Wildman–Crippen LogP) is 4.35. The molecule has 1 unspecified atom stereocenters. The van der Waals surface area contributed by atoms with Crippen LogP contribution in [0.3, 0.4) is 0 Å². The fraction of sp³-hybridized carbons (Fsp3) is 0.933. The largest absolute Gasteiger partial charge is 0.300 e. The fourth-order valence-corrected chi connectivity index (χ4v) is 2.89. The fourth-order valence-electron chi connectivity index (χ4n) is 2.89. The molecule has 2 atom stereocenters. The normalized spacial score (nSPS) is 56.8. The van der Waals surface area contributed by atoms with Crippen molar-refractivity contribution in [2.45, 2.75) is 71.0 Å². The van der Waals surface area contributed by atoms with Crippen LogP contribution < -0.4 is 0 Å². The van der Waals surface area contributed by atoms with E-state index < -0.39 is 37.2 Å². The molecule has 0 aromatic rings. The minimum absolute atomic E-state index is 0.237. The summed E-state index contributed by atoms with van der Waals surface area (Å²) in [5.74, 6) is -2.16. The Morgan fingerprint density at radius 3 is 2.62 bits per heavy atom. The van der Waals surface area contributed by atoms with Crippen LogP contribution in [0.25, 0.3) is 0 Å². The molecule has 1 heteroatoms. The van der Waals surface area contributed by atoms with Crippen molar-refractivity contribution >= 4 is 5.78 Å². The Labute approximate surface area is 110 Å². The molecular formula is C15H26O. The van der Waals surface area contributed by atoms with Gasteiger partial charge in [0.1, 0.15) is 5.78 Å². The zero-order valence-corrected chi connectivity index (χ0v) is 9.96. The van der Waals surface area contributed by atoms with Gasteiger partial charge in [-0.25, -0.2) is 0 Å². The second kappa shape index (κ2) is 5.84. The molecule has 0 bridgehead atoms. The van der Waals surface area contributed by atoms with Crippen molar-refractivity contribution in [2.75, 3.05) is 0 Å². The summed E-state index contributed by atoms with van der Waals surface area (Å²) in [4.78, 5) is 12.1. The summed E-state index contributed by atoms with van der Waals surface area (Å²) < 4.78 is 55.9. The summed E-state index contributed by atoms with van der Waals surface area (Å²) in [7, 11) is 0. The Balaban J connectivity index is 2.27. The number of Topliss-reactive ketones (excluding diaryl/α,β-unsaturated/α-hetero) is 1. The first-order valence-corrected chi connectivity index (χ1v) is 6.45. The maximum atomic E-state index is 12.1. The van der Waals surface area contributed by atoms with Gasteiger partial charge in [-0.05, 0) is 43.4 Å². The molecule has 0 amide bonds. The third-order valence-electron chi connectivity index (χ3n) is 3.84. The van der Waals surface area contributed by atoms with Crippen LogP contribution in [0.2, 0.25) is 0 Å². The minimum Gasteiger partial charge on any atom is -0.300 e. The molecule has 0 aromatic carbocycles. The van der Waals surface area contributed by atoms with Gasteiger partial charge in [-0.2, -0.15) is 0 Å². The molecule has 2 fully saturated rings. The highest BCUT2D eigenvalue weighted by molar-refractivity contribution is 5.79. The molecule has 2 rings (SSSR count). The zero-order valence-electron chi connectivity index (χ0n) is 17.0. The highest BCUT2D eigenvalue weighted by atomic mass is 16.1. The summed E-state index contributed by atoms with van der Waals surface area (Å²) >= 11 is 0. The van der Waals surface area contributed by atoms with Crippen LogP contribution in [-0.2, 0) is 4.79 Å². The molecule has 2 aliphatic carbocycles. The van der Waals surface area contributed by atoms with Gasteiger partial charge in [0.15, 0.2) is 0 Å². The lowest BCUT2D eigenvalue weighted by Gasteiger charge is -2.35. The lowest BCUT2D eigenvalue weighted by molar-refractivity contribution is -0.121. The molecule has 0 heterocycles. The predicted molar refractivity (Wildman–Crippen MR) is 67.3 cm³/mol. The summed E-state index contributed by atoms with van der Waals surface area (Å²) in [6.07, 6.45) is -4.18. The van der Waals surface area contributed by atoms with Gasteiger partial charge < -0.3 is 0 Å². The van der Waals surface area contributed by atoms with E-state index >= 15 is 0 Å². The van der Waals surface area contributed by atoms with Crippen LogP contribution >= 0.6 is 0 Å². The van der Waals surface area contributed by atoms with E-state index in [4.69, 9.17) is 9.60 Å². The van der Waals surface area contributed by atoms with E-state index in [1.807, 2.05) is 0 Å². The van der Waals surface area contributed by atoms with Crippen LogP contribution in [-0.4, -0.2) is 5.78 Å². The quantitative estimate of drug-likeness (QED) is 0.703. The molecular weight excluding hydrogens is 196 g/mol. The number of rotatable bonds is 3. The van der Waals surface area contributed by atoms with Crippen LogP contribution in [0.4, 0.5) is 0 Å². The van der Waals surface area contributed by atoms with E-state index in [1.54, 1.807) is 0 Å². The zero-order chi connectivity index (χ0) is 17.6. The number of carbonyl (C=O) groups is 1. The van der Waals surface area contributed by atoms with Gasteiger partial charge >= 0.3 is 0 Å². The molecule has 2 aliphatic rings. The second-order valence-electron chi connectivity index (χ2n) is 5.00. The molecule has 0 radical (unpaired) electrons. The number of hydrogen-bond donors (Lipinski definition) is 0. The van der Waals surface area contributed by atoms with E-state index in [9.17, 15) is 4.79 Å². The molecule has 0 N–H and O–H groups in total. The van der Waals surface area contributed by atoms with Crippen LogP contribution in [0.1, 0.15) is 80.6 Å². The maximum absolute atomic E-state index is 12.1. The van der Waals surface area contributed by atoms with Crippen molar-refractivity contribution in [3.8, 4) is 0 Å². The van der Waals surface area contributed by atoms with Gasteiger partial charge in [0.25, 0.3) is 0 Å². The van der Waals surface area contributed by atoms with Gasteiger partial charge in [-0.1, -0.05) is 32.6 Å². The average Bonchev–Trinajstić information content (AvgIpc) is 2.47. The van der Waals surface area contributed by atoms with Crippen LogP contribution in [0.15, 0.2) is 0 Å². The summed E-state index contributed by atoms with van der Waals surface area (Å²) in [5, 5.41) is 0. The molecule has 0 saturated heterocycles.